The van der Waals surface area contributed by atoms with Crippen LogP contribution in [-0.4, -0.2) is 35.2 Å². The van der Waals surface area contributed by atoms with Crippen molar-refractivity contribution in [1.82, 2.24) is 4.90 Å². The van der Waals surface area contributed by atoms with Crippen LogP contribution in [0.2, 0.25) is 0 Å². The molecular formula is C14H18FNO2. The van der Waals surface area contributed by atoms with Crippen molar-refractivity contribution in [3.63, 3.8) is 0 Å². The molecule has 3 nitrogen and oxygen atoms in total. The van der Waals surface area contributed by atoms with Crippen molar-refractivity contribution in [1.29, 1.82) is 0 Å². The monoisotopic (exact) mass is 251 g/mol. The predicted octanol–water partition coefficient (Wildman–Crippen LogP) is 2.32. The lowest BCUT2D eigenvalue weighted by Gasteiger charge is -2.34. The zero-order chi connectivity index (χ0) is 13.0. The summed E-state index contributed by atoms with van der Waals surface area (Å²) in [5.74, 6) is -1.23. The van der Waals surface area contributed by atoms with E-state index in [9.17, 15) is 9.18 Å². The second-order valence-electron chi connectivity index (χ2n) is 4.88. The smallest absolute Gasteiger partial charge is 0.303 e. The third-order valence-corrected chi connectivity index (χ3v) is 3.45. The van der Waals surface area contributed by atoms with Crippen LogP contribution >= 0.6 is 0 Å². The first-order valence-electron chi connectivity index (χ1n) is 6.27. The van der Waals surface area contributed by atoms with Gasteiger partial charge in [0.25, 0.3) is 0 Å². The highest BCUT2D eigenvalue weighted by Crippen LogP contribution is 2.24. The SMILES string of the molecule is O=C(O)CC1CCN(Cc2ccccc2)CC1F. The summed E-state index contributed by atoms with van der Waals surface area (Å²) in [7, 11) is 0. The Morgan fingerprint density at radius 1 is 1.39 bits per heavy atom. The van der Waals surface area contributed by atoms with Gasteiger partial charge >= 0.3 is 5.97 Å². The molecular weight excluding hydrogens is 233 g/mol. The molecule has 0 aliphatic carbocycles. The fraction of sp³-hybridized carbons (Fsp3) is 0.500. The molecule has 1 aliphatic heterocycles. The summed E-state index contributed by atoms with van der Waals surface area (Å²) < 4.78 is 13.9. The van der Waals surface area contributed by atoms with E-state index in [0.717, 1.165) is 13.1 Å². The molecule has 0 aromatic heterocycles. The first-order chi connectivity index (χ1) is 8.65. The maximum atomic E-state index is 13.9. The quantitative estimate of drug-likeness (QED) is 0.892. The van der Waals surface area contributed by atoms with Gasteiger partial charge in [-0.25, -0.2) is 4.39 Å². The van der Waals surface area contributed by atoms with Gasteiger partial charge in [0.15, 0.2) is 0 Å². The Labute approximate surface area is 106 Å². The van der Waals surface area contributed by atoms with Crippen LogP contribution < -0.4 is 0 Å². The lowest BCUT2D eigenvalue weighted by molar-refractivity contribution is -0.139. The first kappa shape index (κ1) is 13.0. The second kappa shape index (κ2) is 5.96. The van der Waals surface area contributed by atoms with Crippen LogP contribution in [-0.2, 0) is 11.3 Å². The largest absolute Gasteiger partial charge is 0.481 e. The molecule has 1 fully saturated rings. The van der Waals surface area contributed by atoms with Gasteiger partial charge in [0, 0.05) is 19.0 Å². The maximum absolute atomic E-state index is 13.9. The summed E-state index contributed by atoms with van der Waals surface area (Å²) in [6, 6.07) is 9.95. The number of halogens is 1. The summed E-state index contributed by atoms with van der Waals surface area (Å²) in [6.07, 6.45) is -0.459. The van der Waals surface area contributed by atoms with Gasteiger partial charge in [-0.3, -0.25) is 9.69 Å². The van der Waals surface area contributed by atoms with Gasteiger partial charge in [-0.1, -0.05) is 30.3 Å². The number of rotatable bonds is 4. The highest BCUT2D eigenvalue weighted by Gasteiger charge is 2.30. The molecule has 0 amide bonds. The van der Waals surface area contributed by atoms with Crippen molar-refractivity contribution in [3.05, 3.63) is 35.9 Å². The van der Waals surface area contributed by atoms with Crippen molar-refractivity contribution in [2.75, 3.05) is 13.1 Å². The fourth-order valence-corrected chi connectivity index (χ4v) is 2.46. The maximum Gasteiger partial charge on any atom is 0.303 e. The molecule has 98 valence electrons. The molecule has 0 bridgehead atoms. The summed E-state index contributed by atoms with van der Waals surface area (Å²) in [5.41, 5.74) is 1.17. The normalized spacial score (nSPS) is 24.9. The fourth-order valence-electron chi connectivity index (χ4n) is 2.46. The minimum absolute atomic E-state index is 0.0552. The third kappa shape index (κ3) is 3.53. The Balaban J connectivity index is 1.86. The number of nitrogens with zero attached hydrogens (tertiary/aromatic N) is 1. The molecule has 1 heterocycles. The number of carboxylic acids is 1. The molecule has 0 saturated carbocycles. The van der Waals surface area contributed by atoms with Gasteiger partial charge in [0.05, 0.1) is 6.42 Å². The molecule has 0 spiro atoms. The zero-order valence-corrected chi connectivity index (χ0v) is 10.3. The molecule has 1 N–H and O–H groups in total. The van der Waals surface area contributed by atoms with Crippen molar-refractivity contribution in [2.45, 2.75) is 25.6 Å². The topological polar surface area (TPSA) is 40.5 Å². The van der Waals surface area contributed by atoms with E-state index < -0.39 is 12.1 Å². The van der Waals surface area contributed by atoms with Gasteiger partial charge < -0.3 is 5.11 Å². The van der Waals surface area contributed by atoms with Crippen molar-refractivity contribution in [3.8, 4) is 0 Å². The Bertz CT molecular complexity index is 396. The molecule has 0 radical (unpaired) electrons. The number of hydrogen-bond donors (Lipinski definition) is 1. The second-order valence-corrected chi connectivity index (χ2v) is 4.88. The third-order valence-electron chi connectivity index (χ3n) is 3.45. The van der Waals surface area contributed by atoms with E-state index in [4.69, 9.17) is 5.11 Å². The van der Waals surface area contributed by atoms with Gasteiger partial charge in [0.1, 0.15) is 6.17 Å². The molecule has 4 heteroatoms. The van der Waals surface area contributed by atoms with Crippen LogP contribution in [0.1, 0.15) is 18.4 Å². The van der Waals surface area contributed by atoms with Gasteiger partial charge in [-0.15, -0.1) is 0 Å². The molecule has 1 saturated heterocycles. The zero-order valence-electron chi connectivity index (χ0n) is 10.3. The Hall–Kier alpha value is -1.42. The van der Waals surface area contributed by atoms with E-state index in [-0.39, 0.29) is 12.3 Å². The van der Waals surface area contributed by atoms with Crippen LogP contribution in [0.5, 0.6) is 0 Å². The molecule has 2 unspecified atom stereocenters. The van der Waals surface area contributed by atoms with Crippen LogP contribution in [0, 0.1) is 5.92 Å². The van der Waals surface area contributed by atoms with E-state index in [0.29, 0.717) is 13.0 Å². The van der Waals surface area contributed by atoms with E-state index >= 15 is 0 Å². The van der Waals surface area contributed by atoms with Crippen LogP contribution in [0.15, 0.2) is 30.3 Å². The highest BCUT2D eigenvalue weighted by molar-refractivity contribution is 5.67. The van der Waals surface area contributed by atoms with E-state index in [1.807, 2.05) is 30.3 Å². The summed E-state index contributed by atoms with van der Waals surface area (Å²) in [5, 5.41) is 8.70. The Morgan fingerprint density at radius 3 is 2.72 bits per heavy atom. The standard InChI is InChI=1S/C14H18FNO2/c15-13-10-16(7-6-12(13)8-14(17)18)9-11-4-2-1-3-5-11/h1-5,12-13H,6-10H2,(H,17,18). The summed E-state index contributed by atoms with van der Waals surface area (Å²) in [6.45, 7) is 1.85. The van der Waals surface area contributed by atoms with Crippen molar-refractivity contribution >= 4 is 5.97 Å². The van der Waals surface area contributed by atoms with E-state index in [2.05, 4.69) is 4.90 Å². The van der Waals surface area contributed by atoms with Crippen molar-refractivity contribution < 1.29 is 14.3 Å². The molecule has 1 aromatic rings. The summed E-state index contributed by atoms with van der Waals surface area (Å²) in [4.78, 5) is 12.7. The number of carbonyl (C=O) groups is 1. The number of benzene rings is 1. The average molecular weight is 251 g/mol. The summed E-state index contributed by atoms with van der Waals surface area (Å²) >= 11 is 0. The molecule has 1 aliphatic rings. The number of alkyl halides is 1. The van der Waals surface area contributed by atoms with E-state index in [1.165, 1.54) is 5.56 Å². The number of piperidine rings is 1. The Morgan fingerprint density at radius 2 is 2.11 bits per heavy atom. The first-order valence-corrected chi connectivity index (χ1v) is 6.27. The highest BCUT2D eigenvalue weighted by atomic mass is 19.1. The lowest BCUT2D eigenvalue weighted by atomic mass is 9.91. The molecule has 18 heavy (non-hydrogen) atoms. The van der Waals surface area contributed by atoms with Gasteiger partial charge in [-0.2, -0.15) is 0 Å². The van der Waals surface area contributed by atoms with E-state index in [1.54, 1.807) is 0 Å². The molecule has 2 rings (SSSR count). The minimum Gasteiger partial charge on any atom is -0.481 e. The number of hydrogen-bond acceptors (Lipinski definition) is 2. The van der Waals surface area contributed by atoms with Crippen LogP contribution in [0.4, 0.5) is 4.39 Å². The number of carboxylic acid groups (broad SMARTS) is 1. The van der Waals surface area contributed by atoms with Crippen LogP contribution in [0.3, 0.4) is 0 Å². The number of likely N-dealkylation sites (tertiary alicyclic amines) is 1. The lowest BCUT2D eigenvalue weighted by Crippen LogP contribution is -2.41. The van der Waals surface area contributed by atoms with Gasteiger partial charge in [0.2, 0.25) is 0 Å². The molecule has 1 aromatic carbocycles. The predicted molar refractivity (Wildman–Crippen MR) is 67.0 cm³/mol. The minimum atomic E-state index is -1.03. The average Bonchev–Trinajstić information content (AvgIpc) is 2.33. The number of aliphatic carboxylic acids is 1. The molecule has 2 atom stereocenters. The van der Waals surface area contributed by atoms with Crippen molar-refractivity contribution in [2.24, 2.45) is 5.92 Å². The van der Waals surface area contributed by atoms with Crippen LogP contribution in [0.25, 0.3) is 0 Å². The Kier molecular flexibility index (Phi) is 4.31. The van der Waals surface area contributed by atoms with Gasteiger partial charge in [-0.05, 0) is 18.5 Å².